The molecule has 0 aliphatic rings. The van der Waals surface area contributed by atoms with E-state index in [1.54, 1.807) is 11.0 Å². The maximum atomic E-state index is 4.86. The van der Waals surface area contributed by atoms with Crippen molar-refractivity contribution in [3.8, 4) is 22.6 Å². The fourth-order valence-corrected chi connectivity index (χ4v) is 3.48. The fraction of sp³-hybridized carbons (Fsp3) is 0.0800. The first-order valence-electron chi connectivity index (χ1n) is 10.2. The van der Waals surface area contributed by atoms with Crippen LogP contribution in [0, 0.1) is 0 Å². The van der Waals surface area contributed by atoms with Crippen molar-refractivity contribution < 1.29 is 0 Å². The Hall–Kier alpha value is -4.03. The SMILES string of the molecule is c1ccc(-c2nn(-c3ccccc3)cc2CNCc2cnn(-c3ccccc3)n2)cc1. The largest absolute Gasteiger partial charge is 0.307 e. The van der Waals surface area contributed by atoms with Crippen molar-refractivity contribution >= 4 is 0 Å². The Balaban J connectivity index is 1.34. The molecule has 0 aliphatic carbocycles. The van der Waals surface area contributed by atoms with E-state index in [2.05, 4.69) is 46.0 Å². The molecule has 2 heterocycles. The molecule has 152 valence electrons. The van der Waals surface area contributed by atoms with Gasteiger partial charge in [-0.25, -0.2) is 4.68 Å². The molecule has 3 aromatic carbocycles. The summed E-state index contributed by atoms with van der Waals surface area (Å²) in [5, 5.41) is 17.3. The minimum Gasteiger partial charge on any atom is -0.307 e. The highest BCUT2D eigenvalue weighted by atomic mass is 15.5. The van der Waals surface area contributed by atoms with Crippen LogP contribution in [-0.2, 0) is 13.1 Å². The summed E-state index contributed by atoms with van der Waals surface area (Å²) in [4.78, 5) is 1.65. The molecule has 0 unspecified atom stereocenters. The third kappa shape index (κ3) is 4.29. The van der Waals surface area contributed by atoms with Gasteiger partial charge in [0.05, 0.1) is 29.0 Å². The highest BCUT2D eigenvalue weighted by Crippen LogP contribution is 2.23. The summed E-state index contributed by atoms with van der Waals surface area (Å²) in [5.41, 5.74) is 6.08. The van der Waals surface area contributed by atoms with Gasteiger partial charge in [-0.05, 0) is 24.3 Å². The predicted molar refractivity (Wildman–Crippen MR) is 121 cm³/mol. The summed E-state index contributed by atoms with van der Waals surface area (Å²) in [7, 11) is 0. The molecule has 6 nitrogen and oxygen atoms in total. The number of hydrogen-bond donors (Lipinski definition) is 1. The lowest BCUT2D eigenvalue weighted by Crippen LogP contribution is -2.13. The zero-order valence-corrected chi connectivity index (χ0v) is 17.0. The molecule has 31 heavy (non-hydrogen) atoms. The number of para-hydroxylation sites is 2. The van der Waals surface area contributed by atoms with Gasteiger partial charge in [0.15, 0.2) is 0 Å². The maximum Gasteiger partial charge on any atom is 0.0972 e. The van der Waals surface area contributed by atoms with Gasteiger partial charge in [0.25, 0.3) is 0 Å². The van der Waals surface area contributed by atoms with Crippen LogP contribution in [0.15, 0.2) is 103 Å². The summed E-state index contributed by atoms with van der Waals surface area (Å²) in [6.07, 6.45) is 3.89. The van der Waals surface area contributed by atoms with E-state index < -0.39 is 0 Å². The summed E-state index contributed by atoms with van der Waals surface area (Å²) < 4.78 is 1.94. The zero-order chi connectivity index (χ0) is 20.9. The van der Waals surface area contributed by atoms with Crippen LogP contribution in [0.25, 0.3) is 22.6 Å². The first-order valence-corrected chi connectivity index (χ1v) is 10.2. The van der Waals surface area contributed by atoms with Gasteiger partial charge in [0, 0.05) is 30.4 Å². The van der Waals surface area contributed by atoms with Crippen molar-refractivity contribution in [1.29, 1.82) is 0 Å². The van der Waals surface area contributed by atoms with Gasteiger partial charge in [0.1, 0.15) is 0 Å². The molecule has 1 N–H and O–H groups in total. The Morgan fingerprint density at radius 3 is 2.03 bits per heavy atom. The number of aromatic nitrogens is 5. The Morgan fingerprint density at radius 1 is 0.677 bits per heavy atom. The van der Waals surface area contributed by atoms with Crippen LogP contribution in [0.5, 0.6) is 0 Å². The van der Waals surface area contributed by atoms with Crippen molar-refractivity contribution in [2.75, 3.05) is 0 Å². The van der Waals surface area contributed by atoms with E-state index in [1.165, 1.54) is 0 Å². The maximum absolute atomic E-state index is 4.86. The highest BCUT2D eigenvalue weighted by Gasteiger charge is 2.12. The quantitative estimate of drug-likeness (QED) is 0.435. The van der Waals surface area contributed by atoms with E-state index in [0.29, 0.717) is 13.1 Å². The normalized spacial score (nSPS) is 11.0. The highest BCUT2D eigenvalue weighted by molar-refractivity contribution is 5.63. The molecule has 5 aromatic rings. The average Bonchev–Trinajstić information content (AvgIpc) is 3.49. The second-order valence-electron chi connectivity index (χ2n) is 7.21. The van der Waals surface area contributed by atoms with Gasteiger partial charge in [-0.3, -0.25) is 0 Å². The number of nitrogens with zero attached hydrogens (tertiary/aromatic N) is 5. The summed E-state index contributed by atoms with van der Waals surface area (Å²) in [6.45, 7) is 1.30. The predicted octanol–water partition coefficient (Wildman–Crippen LogP) is 4.41. The van der Waals surface area contributed by atoms with Crippen LogP contribution in [0.3, 0.4) is 0 Å². The zero-order valence-electron chi connectivity index (χ0n) is 17.0. The van der Waals surface area contributed by atoms with E-state index in [-0.39, 0.29) is 0 Å². The Labute approximate surface area is 180 Å². The second-order valence-corrected chi connectivity index (χ2v) is 7.21. The Bertz CT molecular complexity index is 1240. The third-order valence-corrected chi connectivity index (χ3v) is 5.01. The van der Waals surface area contributed by atoms with Crippen LogP contribution in [0.1, 0.15) is 11.3 Å². The lowest BCUT2D eigenvalue weighted by atomic mass is 10.1. The number of rotatable bonds is 7. The van der Waals surface area contributed by atoms with Gasteiger partial charge in [-0.15, -0.1) is 0 Å². The second kappa shape index (κ2) is 8.77. The van der Waals surface area contributed by atoms with Gasteiger partial charge < -0.3 is 5.32 Å². The number of benzene rings is 3. The van der Waals surface area contributed by atoms with Gasteiger partial charge >= 0.3 is 0 Å². The first-order chi connectivity index (χ1) is 15.4. The monoisotopic (exact) mass is 406 g/mol. The molecule has 0 saturated carbocycles. The minimum atomic E-state index is 0.623. The third-order valence-electron chi connectivity index (χ3n) is 5.01. The molecule has 0 spiro atoms. The summed E-state index contributed by atoms with van der Waals surface area (Å²) in [5.74, 6) is 0. The lowest BCUT2D eigenvalue weighted by molar-refractivity contribution is 0.663. The number of hydrogen-bond acceptors (Lipinski definition) is 4. The molecule has 0 aliphatic heterocycles. The van der Waals surface area contributed by atoms with Gasteiger partial charge in [-0.2, -0.15) is 20.1 Å². The minimum absolute atomic E-state index is 0.623. The Kier molecular flexibility index (Phi) is 5.36. The summed E-state index contributed by atoms with van der Waals surface area (Å²) in [6, 6.07) is 30.4. The molecule has 0 bridgehead atoms. The molecule has 2 aromatic heterocycles. The van der Waals surface area contributed by atoms with E-state index in [1.807, 2.05) is 71.4 Å². The van der Waals surface area contributed by atoms with Crippen molar-refractivity contribution in [3.63, 3.8) is 0 Å². The van der Waals surface area contributed by atoms with E-state index in [4.69, 9.17) is 5.10 Å². The molecule has 0 atom stereocenters. The van der Waals surface area contributed by atoms with E-state index >= 15 is 0 Å². The van der Waals surface area contributed by atoms with Crippen LogP contribution in [-0.4, -0.2) is 24.8 Å². The van der Waals surface area contributed by atoms with E-state index in [0.717, 1.165) is 33.9 Å². The van der Waals surface area contributed by atoms with Crippen molar-refractivity contribution in [2.24, 2.45) is 0 Å². The van der Waals surface area contributed by atoms with Crippen LogP contribution in [0.2, 0.25) is 0 Å². The van der Waals surface area contributed by atoms with Crippen LogP contribution < -0.4 is 5.32 Å². The lowest BCUT2D eigenvalue weighted by Gasteiger charge is -2.04. The molecule has 5 rings (SSSR count). The standard InChI is InChI=1S/C25H22N6/c1-4-10-20(11-5-1)25-21(19-30(29-25)23-12-6-2-7-13-23)16-26-17-22-18-27-31(28-22)24-14-8-3-9-15-24/h1-15,18-19,26H,16-17H2. The fourth-order valence-electron chi connectivity index (χ4n) is 3.48. The van der Waals surface area contributed by atoms with Crippen LogP contribution in [0.4, 0.5) is 0 Å². The van der Waals surface area contributed by atoms with E-state index in [9.17, 15) is 0 Å². The molecular formula is C25H22N6. The van der Waals surface area contributed by atoms with Crippen molar-refractivity contribution in [3.05, 3.63) is 115 Å². The molecule has 0 radical (unpaired) electrons. The molecular weight excluding hydrogens is 384 g/mol. The summed E-state index contributed by atoms with van der Waals surface area (Å²) >= 11 is 0. The number of nitrogens with one attached hydrogen (secondary N) is 1. The van der Waals surface area contributed by atoms with Gasteiger partial charge in [0.2, 0.25) is 0 Å². The first kappa shape index (κ1) is 19.0. The van der Waals surface area contributed by atoms with Gasteiger partial charge in [-0.1, -0.05) is 66.7 Å². The molecule has 0 amide bonds. The molecule has 0 fully saturated rings. The smallest absolute Gasteiger partial charge is 0.0972 e. The topological polar surface area (TPSA) is 60.6 Å². The van der Waals surface area contributed by atoms with Crippen molar-refractivity contribution in [2.45, 2.75) is 13.1 Å². The average molecular weight is 406 g/mol. The van der Waals surface area contributed by atoms with Crippen LogP contribution >= 0.6 is 0 Å². The Morgan fingerprint density at radius 2 is 1.32 bits per heavy atom. The molecule has 0 saturated heterocycles. The van der Waals surface area contributed by atoms with Crippen molar-refractivity contribution in [1.82, 2.24) is 30.1 Å². The molecule has 6 heteroatoms.